The highest BCUT2D eigenvalue weighted by atomic mass is 15.4. The largest absolute Gasteiger partial charge is 0.364 e. The van der Waals surface area contributed by atoms with Gasteiger partial charge in [-0.05, 0) is 25.5 Å². The molecule has 0 saturated heterocycles. The van der Waals surface area contributed by atoms with Gasteiger partial charge in [0.2, 0.25) is 0 Å². The second-order valence-corrected chi connectivity index (χ2v) is 5.60. The molecule has 1 aliphatic rings. The Morgan fingerprint density at radius 3 is 3.05 bits per heavy atom. The molecule has 1 aliphatic heterocycles. The van der Waals surface area contributed by atoms with E-state index in [4.69, 9.17) is 0 Å². The third-order valence-electron chi connectivity index (χ3n) is 3.99. The van der Waals surface area contributed by atoms with Crippen LogP contribution in [-0.4, -0.2) is 40.6 Å². The minimum atomic E-state index is 0.306. The lowest BCUT2D eigenvalue weighted by Crippen LogP contribution is -2.32. The number of aryl methyl sites for hydroxylation is 3. The van der Waals surface area contributed by atoms with Crippen molar-refractivity contribution >= 4 is 11.5 Å². The molecule has 8 nitrogen and oxygen atoms in total. The molecule has 0 aromatic carbocycles. The molecule has 0 saturated carbocycles. The third-order valence-corrected chi connectivity index (χ3v) is 3.99. The zero-order valence-corrected chi connectivity index (χ0v) is 12.7. The molecule has 114 valence electrons. The van der Waals surface area contributed by atoms with Gasteiger partial charge < -0.3 is 5.32 Å². The van der Waals surface area contributed by atoms with Gasteiger partial charge in [-0.25, -0.2) is 9.67 Å². The number of hydrogen-bond acceptors (Lipinski definition) is 6. The lowest BCUT2D eigenvalue weighted by atomic mass is 10.1. The van der Waals surface area contributed by atoms with Crippen LogP contribution >= 0.6 is 0 Å². The molecule has 4 rings (SSSR count). The number of aromatic nitrogens is 7. The molecule has 0 bridgehead atoms. The molecule has 22 heavy (non-hydrogen) atoms. The predicted octanol–water partition coefficient (Wildman–Crippen LogP) is 1.01. The van der Waals surface area contributed by atoms with E-state index >= 15 is 0 Å². The fourth-order valence-electron chi connectivity index (χ4n) is 2.81. The van der Waals surface area contributed by atoms with Crippen molar-refractivity contribution in [3.63, 3.8) is 0 Å². The van der Waals surface area contributed by atoms with Gasteiger partial charge in [0, 0.05) is 18.9 Å². The van der Waals surface area contributed by atoms with Gasteiger partial charge in [0.05, 0.1) is 6.54 Å². The normalized spacial score (nSPS) is 17.6. The van der Waals surface area contributed by atoms with Crippen LogP contribution in [-0.2, 0) is 19.4 Å². The van der Waals surface area contributed by atoms with Crippen LogP contribution in [0.15, 0.2) is 12.1 Å². The van der Waals surface area contributed by atoms with Gasteiger partial charge in [-0.2, -0.15) is 9.61 Å². The number of nitrogens with zero attached hydrogens (tertiary/aromatic N) is 7. The summed E-state index contributed by atoms with van der Waals surface area (Å²) in [6, 6.07) is 4.17. The van der Waals surface area contributed by atoms with Gasteiger partial charge in [0.25, 0.3) is 0 Å². The lowest BCUT2D eigenvalue weighted by molar-refractivity contribution is 0.439. The zero-order chi connectivity index (χ0) is 15.1. The minimum absolute atomic E-state index is 0.306. The topological polar surface area (TPSA) is 85.8 Å². The first kappa shape index (κ1) is 13.2. The average molecular weight is 298 g/mol. The van der Waals surface area contributed by atoms with E-state index in [1.165, 1.54) is 0 Å². The molecule has 0 amide bonds. The maximum atomic E-state index is 4.54. The van der Waals surface area contributed by atoms with E-state index in [9.17, 15) is 0 Å². The maximum absolute atomic E-state index is 4.54. The number of rotatable bonds is 3. The van der Waals surface area contributed by atoms with Gasteiger partial charge in [-0.1, -0.05) is 6.92 Å². The average Bonchev–Trinajstić information content (AvgIpc) is 3.11. The molecule has 0 radical (unpaired) electrons. The quantitative estimate of drug-likeness (QED) is 0.777. The van der Waals surface area contributed by atoms with Crippen molar-refractivity contribution in [3.8, 4) is 0 Å². The van der Waals surface area contributed by atoms with Crippen LogP contribution in [0.25, 0.3) is 5.65 Å². The highest BCUT2D eigenvalue weighted by Crippen LogP contribution is 2.17. The summed E-state index contributed by atoms with van der Waals surface area (Å²) in [7, 11) is 0. The summed E-state index contributed by atoms with van der Waals surface area (Å²) in [6.07, 6.45) is 2.85. The fourth-order valence-corrected chi connectivity index (χ4v) is 2.81. The van der Waals surface area contributed by atoms with Crippen molar-refractivity contribution in [2.24, 2.45) is 0 Å². The molecule has 4 heterocycles. The van der Waals surface area contributed by atoms with Crippen LogP contribution in [0, 0.1) is 6.92 Å². The standard InChI is InChI=1S/C14H18N8/c1-3-11-16-13-6-4-10(8-21(13)19-11)15-12-5-7-14-18-17-9(2)22(14)20-12/h5,7,10H,3-4,6,8H2,1-2H3,(H,15,20). The van der Waals surface area contributed by atoms with Crippen LogP contribution < -0.4 is 5.32 Å². The molecule has 1 atom stereocenters. The Morgan fingerprint density at radius 1 is 1.27 bits per heavy atom. The molecule has 8 heteroatoms. The van der Waals surface area contributed by atoms with Crippen LogP contribution in [0.3, 0.4) is 0 Å². The highest BCUT2D eigenvalue weighted by Gasteiger charge is 2.21. The smallest absolute Gasteiger partial charge is 0.178 e. The van der Waals surface area contributed by atoms with E-state index in [1.54, 1.807) is 4.52 Å². The second kappa shape index (κ2) is 5.04. The van der Waals surface area contributed by atoms with E-state index < -0.39 is 0 Å². The molecule has 0 fully saturated rings. The van der Waals surface area contributed by atoms with Crippen LogP contribution in [0.2, 0.25) is 0 Å². The first-order chi connectivity index (χ1) is 10.7. The number of nitrogens with one attached hydrogen (secondary N) is 1. The first-order valence-corrected chi connectivity index (χ1v) is 7.61. The van der Waals surface area contributed by atoms with Crippen molar-refractivity contribution in [1.29, 1.82) is 0 Å². The molecular weight excluding hydrogens is 280 g/mol. The Morgan fingerprint density at radius 2 is 2.18 bits per heavy atom. The Kier molecular flexibility index (Phi) is 3.02. The summed E-state index contributed by atoms with van der Waals surface area (Å²) >= 11 is 0. The number of anilines is 1. The Balaban J connectivity index is 1.54. The minimum Gasteiger partial charge on any atom is -0.364 e. The van der Waals surface area contributed by atoms with Gasteiger partial charge >= 0.3 is 0 Å². The lowest BCUT2D eigenvalue weighted by Gasteiger charge is -2.23. The Hall–Kier alpha value is -2.51. The predicted molar refractivity (Wildman–Crippen MR) is 80.7 cm³/mol. The van der Waals surface area contributed by atoms with E-state index in [2.05, 4.69) is 37.6 Å². The fraction of sp³-hybridized carbons (Fsp3) is 0.500. The number of hydrogen-bond donors (Lipinski definition) is 1. The molecule has 0 aliphatic carbocycles. The second-order valence-electron chi connectivity index (χ2n) is 5.60. The Labute approximate surface area is 127 Å². The number of fused-ring (bicyclic) bond motifs is 2. The third kappa shape index (κ3) is 2.20. The maximum Gasteiger partial charge on any atom is 0.178 e. The van der Waals surface area contributed by atoms with Crippen molar-refractivity contribution in [1.82, 2.24) is 34.6 Å². The summed E-state index contributed by atoms with van der Waals surface area (Å²) in [5.74, 6) is 3.64. The molecule has 3 aromatic rings. The van der Waals surface area contributed by atoms with Crippen molar-refractivity contribution < 1.29 is 0 Å². The van der Waals surface area contributed by atoms with Crippen LogP contribution in [0.1, 0.15) is 30.8 Å². The summed E-state index contributed by atoms with van der Waals surface area (Å²) in [4.78, 5) is 4.54. The van der Waals surface area contributed by atoms with Gasteiger partial charge in [0.15, 0.2) is 17.3 Å². The van der Waals surface area contributed by atoms with Crippen LogP contribution in [0.4, 0.5) is 5.82 Å². The molecule has 3 aromatic heterocycles. The monoisotopic (exact) mass is 298 g/mol. The first-order valence-electron chi connectivity index (χ1n) is 7.61. The van der Waals surface area contributed by atoms with E-state index in [1.807, 2.05) is 23.7 Å². The molecule has 0 spiro atoms. The van der Waals surface area contributed by atoms with E-state index in [0.29, 0.717) is 6.04 Å². The summed E-state index contributed by atoms with van der Waals surface area (Å²) in [6.45, 7) is 4.80. The Bertz CT molecular complexity index is 817. The summed E-state index contributed by atoms with van der Waals surface area (Å²) in [5.41, 5.74) is 0.762. The molecule has 1 unspecified atom stereocenters. The molecule has 1 N–H and O–H groups in total. The summed E-state index contributed by atoms with van der Waals surface area (Å²) in [5, 5.41) is 20.6. The van der Waals surface area contributed by atoms with Gasteiger partial charge in [0.1, 0.15) is 11.6 Å². The van der Waals surface area contributed by atoms with Gasteiger partial charge in [-0.15, -0.1) is 15.3 Å². The van der Waals surface area contributed by atoms with Crippen molar-refractivity contribution in [2.75, 3.05) is 5.32 Å². The highest BCUT2D eigenvalue weighted by molar-refractivity contribution is 5.44. The van der Waals surface area contributed by atoms with E-state index in [0.717, 1.165) is 54.7 Å². The van der Waals surface area contributed by atoms with Crippen molar-refractivity contribution in [3.05, 3.63) is 29.6 Å². The summed E-state index contributed by atoms with van der Waals surface area (Å²) < 4.78 is 3.77. The zero-order valence-electron chi connectivity index (χ0n) is 12.7. The molecular formula is C14H18N8. The van der Waals surface area contributed by atoms with E-state index in [-0.39, 0.29) is 0 Å². The SMILES string of the molecule is CCc1nc2n(n1)CC(Nc1ccc3nnc(C)n3n1)CC2. The van der Waals surface area contributed by atoms with Crippen molar-refractivity contribution in [2.45, 2.75) is 45.7 Å². The van der Waals surface area contributed by atoms with Crippen LogP contribution in [0.5, 0.6) is 0 Å². The van der Waals surface area contributed by atoms with Gasteiger partial charge in [-0.3, -0.25) is 0 Å².